The molecule has 1 aromatic rings. The maximum atomic E-state index is 13.8. The number of nitrogens with zero attached hydrogens (tertiary/aromatic N) is 2. The molecule has 0 unspecified atom stereocenters. The zero-order valence-corrected chi connectivity index (χ0v) is 15.4. The molecule has 0 radical (unpaired) electrons. The highest BCUT2D eigenvalue weighted by molar-refractivity contribution is 5.77. The van der Waals surface area contributed by atoms with Crippen LogP contribution in [0.2, 0.25) is 0 Å². The fourth-order valence-corrected chi connectivity index (χ4v) is 3.31. The highest BCUT2D eigenvalue weighted by atomic mass is 19.4. The molecule has 12 heteroatoms. The number of amides is 2. The van der Waals surface area contributed by atoms with Gasteiger partial charge in [-0.15, -0.1) is 0 Å². The van der Waals surface area contributed by atoms with Gasteiger partial charge in [0.15, 0.2) is 6.23 Å². The Hall–Kier alpha value is -2.28. The van der Waals surface area contributed by atoms with Gasteiger partial charge in [0.1, 0.15) is 29.9 Å². The lowest BCUT2D eigenvalue weighted by Gasteiger charge is -2.38. The fraction of sp³-hybridized carbons (Fsp3) is 0.500. The number of halogens is 5. The Morgan fingerprint density at radius 1 is 1.17 bits per heavy atom. The molecule has 0 saturated carbocycles. The molecule has 2 heterocycles. The van der Waals surface area contributed by atoms with E-state index >= 15 is 0 Å². The van der Waals surface area contributed by atoms with Crippen LogP contribution in [0.3, 0.4) is 0 Å². The third-order valence-electron chi connectivity index (χ3n) is 4.97. The van der Waals surface area contributed by atoms with Crippen LogP contribution in [0.4, 0.5) is 26.7 Å². The molecule has 0 aliphatic carbocycles. The van der Waals surface area contributed by atoms with Gasteiger partial charge >= 0.3 is 12.2 Å². The van der Waals surface area contributed by atoms with Gasteiger partial charge in [0.2, 0.25) is 0 Å². The molecule has 0 spiro atoms. The summed E-state index contributed by atoms with van der Waals surface area (Å²) in [5.41, 5.74) is -1.12. The second kappa shape index (κ2) is 8.46. The molecular formula is C18H19F5N2O5. The van der Waals surface area contributed by atoms with Crippen molar-refractivity contribution in [2.24, 2.45) is 0 Å². The second-order valence-corrected chi connectivity index (χ2v) is 6.98. The van der Waals surface area contributed by atoms with E-state index in [1.54, 1.807) is 0 Å². The summed E-state index contributed by atoms with van der Waals surface area (Å²) >= 11 is 0. The van der Waals surface area contributed by atoms with Crippen molar-refractivity contribution >= 4 is 6.03 Å². The van der Waals surface area contributed by atoms with E-state index < -0.39 is 67.1 Å². The van der Waals surface area contributed by atoms with Crippen LogP contribution in [0, 0.1) is 11.6 Å². The van der Waals surface area contributed by atoms with E-state index in [0.717, 1.165) is 17.0 Å². The van der Waals surface area contributed by atoms with Crippen molar-refractivity contribution in [1.29, 1.82) is 0 Å². The summed E-state index contributed by atoms with van der Waals surface area (Å²) in [6.07, 6.45) is -10.8. The molecule has 1 fully saturated rings. The van der Waals surface area contributed by atoms with E-state index in [0.29, 0.717) is 17.2 Å². The molecule has 4 atom stereocenters. The molecule has 7 nitrogen and oxygen atoms in total. The highest BCUT2D eigenvalue weighted by Crippen LogP contribution is 2.33. The van der Waals surface area contributed by atoms with Crippen molar-refractivity contribution in [3.63, 3.8) is 0 Å². The summed E-state index contributed by atoms with van der Waals surface area (Å²) in [5.74, 6) is -1.71. The SMILES string of the molecule is O=C1N(CCc2ccc(F)cc2F)CC(C(F)(F)F)=CN1[C@@H]1O[C@H](CO)[C@H](O)[C@@H]1O. The molecule has 2 aliphatic heterocycles. The summed E-state index contributed by atoms with van der Waals surface area (Å²) in [5, 5.41) is 29.1. The second-order valence-electron chi connectivity index (χ2n) is 6.98. The zero-order valence-electron chi connectivity index (χ0n) is 15.4. The lowest BCUT2D eigenvalue weighted by atomic mass is 10.1. The summed E-state index contributed by atoms with van der Waals surface area (Å²) in [4.78, 5) is 14.0. The maximum Gasteiger partial charge on any atom is 0.415 e. The standard InChI is InChI=1S/C18H19F5N2O5/c19-11-2-1-9(12(20)5-11)3-4-24-6-10(18(21,22)23)7-25(17(24)29)16-15(28)14(27)13(8-26)30-16/h1-2,5,7,13-16,26-28H,3-4,6,8H2/t13-,14+,15+,16-/m1/s1. The fourth-order valence-electron chi connectivity index (χ4n) is 3.31. The molecule has 30 heavy (non-hydrogen) atoms. The maximum absolute atomic E-state index is 13.8. The van der Waals surface area contributed by atoms with Gasteiger partial charge in [0.25, 0.3) is 0 Å². The smallest absolute Gasteiger partial charge is 0.394 e. The van der Waals surface area contributed by atoms with E-state index in [1.807, 2.05) is 0 Å². The molecule has 3 rings (SSSR count). The number of aliphatic hydroxyl groups excluding tert-OH is 3. The molecule has 0 bridgehead atoms. The molecule has 166 valence electrons. The van der Waals surface area contributed by atoms with E-state index in [4.69, 9.17) is 9.84 Å². The van der Waals surface area contributed by atoms with Gasteiger partial charge < -0.3 is 25.0 Å². The van der Waals surface area contributed by atoms with Crippen LogP contribution in [0.1, 0.15) is 5.56 Å². The van der Waals surface area contributed by atoms with Gasteiger partial charge in [-0.25, -0.2) is 13.6 Å². The lowest BCUT2D eigenvalue weighted by Crippen LogP contribution is -2.54. The average Bonchev–Trinajstić information content (AvgIpc) is 2.95. The van der Waals surface area contributed by atoms with Gasteiger partial charge in [0, 0.05) is 18.8 Å². The molecule has 2 amide bonds. The van der Waals surface area contributed by atoms with Crippen molar-refractivity contribution in [2.45, 2.75) is 37.1 Å². The summed E-state index contributed by atoms with van der Waals surface area (Å²) in [7, 11) is 0. The molecule has 1 aromatic carbocycles. The van der Waals surface area contributed by atoms with Crippen LogP contribution < -0.4 is 0 Å². The molecular weight excluding hydrogens is 419 g/mol. The summed E-state index contributed by atoms with van der Waals surface area (Å²) in [6.45, 7) is -1.88. The lowest BCUT2D eigenvalue weighted by molar-refractivity contribution is -0.105. The van der Waals surface area contributed by atoms with Gasteiger partial charge in [-0.1, -0.05) is 6.07 Å². The van der Waals surface area contributed by atoms with E-state index in [1.165, 1.54) is 0 Å². The molecule has 3 N–H and O–H groups in total. The van der Waals surface area contributed by atoms with Gasteiger partial charge in [0.05, 0.1) is 18.7 Å². The highest BCUT2D eigenvalue weighted by Gasteiger charge is 2.49. The number of urea groups is 1. The number of benzene rings is 1. The van der Waals surface area contributed by atoms with Crippen molar-refractivity contribution < 1.29 is 46.8 Å². The van der Waals surface area contributed by atoms with Gasteiger partial charge in [-0.2, -0.15) is 13.2 Å². The average molecular weight is 438 g/mol. The third kappa shape index (κ3) is 4.41. The number of aliphatic hydroxyl groups is 3. The van der Waals surface area contributed by atoms with Crippen LogP contribution in [0.25, 0.3) is 0 Å². The minimum atomic E-state index is -4.81. The van der Waals surface area contributed by atoms with Gasteiger partial charge in [-0.05, 0) is 18.1 Å². The minimum Gasteiger partial charge on any atom is -0.394 e. The number of carbonyl (C=O) groups is 1. The first-order chi connectivity index (χ1) is 14.0. The normalized spacial score (nSPS) is 27.6. The Bertz CT molecular complexity index is 834. The first kappa shape index (κ1) is 22.4. The van der Waals surface area contributed by atoms with Crippen LogP contribution in [-0.4, -0.2) is 81.6 Å². The topological polar surface area (TPSA) is 93.5 Å². The Morgan fingerprint density at radius 2 is 1.87 bits per heavy atom. The number of alkyl halides is 3. The molecule has 2 aliphatic rings. The zero-order chi connectivity index (χ0) is 22.2. The number of rotatable bonds is 5. The third-order valence-corrected chi connectivity index (χ3v) is 4.97. The first-order valence-electron chi connectivity index (χ1n) is 8.94. The van der Waals surface area contributed by atoms with Gasteiger partial charge in [-0.3, -0.25) is 4.90 Å². The van der Waals surface area contributed by atoms with Crippen LogP contribution >= 0.6 is 0 Å². The predicted molar refractivity (Wildman–Crippen MR) is 90.8 cm³/mol. The molecule has 0 aromatic heterocycles. The Kier molecular flexibility index (Phi) is 6.32. The number of hydrogen-bond acceptors (Lipinski definition) is 5. The summed E-state index contributed by atoms with van der Waals surface area (Å²) in [6, 6.07) is 1.77. The van der Waals surface area contributed by atoms with Crippen molar-refractivity contribution in [2.75, 3.05) is 19.7 Å². The van der Waals surface area contributed by atoms with Crippen molar-refractivity contribution in [1.82, 2.24) is 9.80 Å². The van der Waals surface area contributed by atoms with Crippen molar-refractivity contribution in [3.8, 4) is 0 Å². The van der Waals surface area contributed by atoms with Crippen LogP contribution in [-0.2, 0) is 11.2 Å². The van der Waals surface area contributed by atoms with E-state index in [-0.39, 0.29) is 18.5 Å². The summed E-state index contributed by atoms with van der Waals surface area (Å²) < 4.78 is 72.1. The first-order valence-corrected chi connectivity index (χ1v) is 8.94. The quantitative estimate of drug-likeness (QED) is 0.600. The van der Waals surface area contributed by atoms with Crippen LogP contribution in [0.5, 0.6) is 0 Å². The minimum absolute atomic E-state index is 0.00628. The number of carbonyl (C=O) groups excluding carboxylic acids is 1. The van der Waals surface area contributed by atoms with E-state index in [2.05, 4.69) is 0 Å². The largest absolute Gasteiger partial charge is 0.415 e. The Balaban J connectivity index is 1.83. The number of hydrogen-bond donors (Lipinski definition) is 3. The Morgan fingerprint density at radius 3 is 2.43 bits per heavy atom. The predicted octanol–water partition coefficient (Wildman–Crippen LogP) is 1.13. The monoisotopic (exact) mass is 438 g/mol. The molecule has 1 saturated heterocycles. The number of ether oxygens (including phenoxy) is 1. The Labute approximate surface area is 167 Å². The van der Waals surface area contributed by atoms with Crippen molar-refractivity contribution in [3.05, 3.63) is 47.2 Å². The van der Waals surface area contributed by atoms with Crippen LogP contribution in [0.15, 0.2) is 30.0 Å². The van der Waals surface area contributed by atoms with E-state index in [9.17, 15) is 37.0 Å².